The molecule has 0 spiro atoms. The van der Waals surface area contributed by atoms with E-state index in [9.17, 15) is 9.59 Å². The van der Waals surface area contributed by atoms with Crippen molar-refractivity contribution >= 4 is 11.6 Å². The van der Waals surface area contributed by atoms with Gasteiger partial charge in [0.25, 0.3) is 0 Å². The van der Waals surface area contributed by atoms with Gasteiger partial charge < -0.3 is 9.59 Å². The van der Waals surface area contributed by atoms with Gasteiger partial charge in [-0.2, -0.15) is 35.4 Å². The zero-order valence-corrected chi connectivity index (χ0v) is 17.6. The number of rotatable bonds is 5. The molecule has 29 heavy (non-hydrogen) atoms. The molecule has 0 aliphatic rings. The van der Waals surface area contributed by atoms with Gasteiger partial charge in [0, 0.05) is 0 Å². The second-order valence-corrected chi connectivity index (χ2v) is 6.35. The number of hydrogen-bond acceptors (Lipinski definition) is 2. The van der Waals surface area contributed by atoms with Crippen LogP contribution in [0.1, 0.15) is 31.8 Å². The molecule has 0 unspecified atom stereocenters. The van der Waals surface area contributed by atoms with Gasteiger partial charge in [0.2, 0.25) is 0 Å². The summed E-state index contributed by atoms with van der Waals surface area (Å²) in [4.78, 5) is 25.4. The fourth-order valence-electron chi connectivity index (χ4n) is 3.01. The minimum atomic E-state index is -0.0843. The van der Waals surface area contributed by atoms with Crippen LogP contribution in [0.2, 0.25) is 0 Å². The van der Waals surface area contributed by atoms with Crippen LogP contribution in [0.25, 0.3) is 11.1 Å². The normalized spacial score (nSPS) is 10.1. The molecular formula is C26H16O2Pt. The summed E-state index contributed by atoms with van der Waals surface area (Å²) in [7, 11) is 0. The molecule has 0 atom stereocenters. The summed E-state index contributed by atoms with van der Waals surface area (Å²) in [6, 6.07) is 35.5. The first-order valence-electron chi connectivity index (χ1n) is 8.97. The van der Waals surface area contributed by atoms with Crippen molar-refractivity contribution in [2.45, 2.75) is 0 Å². The van der Waals surface area contributed by atoms with Gasteiger partial charge >= 0.3 is 21.1 Å². The quantitative estimate of drug-likeness (QED) is 0.244. The molecule has 0 saturated heterocycles. The van der Waals surface area contributed by atoms with E-state index >= 15 is 0 Å². The first-order valence-corrected chi connectivity index (χ1v) is 8.97. The third-order valence-corrected chi connectivity index (χ3v) is 4.44. The number of benzene rings is 4. The Morgan fingerprint density at radius 3 is 1.24 bits per heavy atom. The molecule has 0 heterocycles. The van der Waals surface area contributed by atoms with E-state index in [1.807, 2.05) is 60.7 Å². The second kappa shape index (κ2) is 9.40. The maximum Gasteiger partial charge on any atom is 2.00 e. The van der Waals surface area contributed by atoms with Gasteiger partial charge in [-0.1, -0.05) is 71.8 Å². The van der Waals surface area contributed by atoms with Crippen LogP contribution in [-0.2, 0) is 21.1 Å². The molecule has 0 fully saturated rings. The predicted molar refractivity (Wildman–Crippen MR) is 109 cm³/mol. The third-order valence-electron chi connectivity index (χ3n) is 4.44. The van der Waals surface area contributed by atoms with E-state index in [2.05, 4.69) is 12.1 Å². The van der Waals surface area contributed by atoms with E-state index in [0.717, 1.165) is 11.1 Å². The van der Waals surface area contributed by atoms with Crippen LogP contribution in [0.5, 0.6) is 0 Å². The Morgan fingerprint density at radius 1 is 0.483 bits per heavy atom. The van der Waals surface area contributed by atoms with E-state index in [0.29, 0.717) is 22.3 Å². The molecule has 4 rings (SSSR count). The molecule has 0 N–H and O–H groups in total. The number of carbonyl (C=O) groups excluding carboxylic acids is 2. The molecule has 0 aliphatic heterocycles. The third kappa shape index (κ3) is 4.67. The van der Waals surface area contributed by atoms with Crippen molar-refractivity contribution in [2.24, 2.45) is 0 Å². The molecule has 0 amide bonds. The van der Waals surface area contributed by atoms with Crippen LogP contribution in [0.15, 0.2) is 97.1 Å². The van der Waals surface area contributed by atoms with Crippen molar-refractivity contribution in [3.05, 3.63) is 131 Å². The van der Waals surface area contributed by atoms with Gasteiger partial charge in [0.05, 0.1) is 0 Å². The Balaban J connectivity index is 0.00000240. The molecule has 2 nitrogen and oxygen atoms in total. The van der Waals surface area contributed by atoms with Crippen molar-refractivity contribution in [3.8, 4) is 11.1 Å². The first kappa shape index (κ1) is 20.6. The van der Waals surface area contributed by atoms with E-state index in [1.54, 1.807) is 36.4 Å². The van der Waals surface area contributed by atoms with Gasteiger partial charge in [0.15, 0.2) is 0 Å². The van der Waals surface area contributed by atoms with Crippen LogP contribution in [0.3, 0.4) is 0 Å². The van der Waals surface area contributed by atoms with Crippen LogP contribution in [0, 0.1) is 12.1 Å². The van der Waals surface area contributed by atoms with Gasteiger partial charge in [-0.3, -0.25) is 0 Å². The van der Waals surface area contributed by atoms with Crippen LogP contribution in [0.4, 0.5) is 0 Å². The van der Waals surface area contributed by atoms with Gasteiger partial charge in [0.1, 0.15) is 11.6 Å². The molecule has 0 bridgehead atoms. The van der Waals surface area contributed by atoms with E-state index in [4.69, 9.17) is 0 Å². The Labute approximate surface area is 184 Å². The minimum absolute atomic E-state index is 0. The van der Waals surface area contributed by atoms with Crippen molar-refractivity contribution in [2.75, 3.05) is 0 Å². The van der Waals surface area contributed by atoms with Crippen molar-refractivity contribution in [1.82, 2.24) is 0 Å². The maximum atomic E-state index is 12.7. The van der Waals surface area contributed by atoms with Gasteiger partial charge in [-0.15, -0.1) is 24.3 Å². The molecule has 4 aromatic carbocycles. The topological polar surface area (TPSA) is 34.1 Å². The first-order chi connectivity index (χ1) is 13.7. The molecule has 3 heteroatoms. The van der Waals surface area contributed by atoms with Crippen LogP contribution >= 0.6 is 0 Å². The molecule has 4 aromatic rings. The van der Waals surface area contributed by atoms with Crippen molar-refractivity contribution in [1.29, 1.82) is 0 Å². The van der Waals surface area contributed by atoms with E-state index in [-0.39, 0.29) is 32.6 Å². The Kier molecular flexibility index (Phi) is 6.69. The number of ketones is 2. The SMILES string of the molecule is O=C(c1[c-]c(-c2[c-]c(C(=O)c3ccccc3)ccc2)ccc1)c1ccccc1.[Pt+2]. The summed E-state index contributed by atoms with van der Waals surface area (Å²) in [5, 5.41) is 0. The maximum absolute atomic E-state index is 12.7. The molecule has 0 radical (unpaired) electrons. The average Bonchev–Trinajstić information content (AvgIpc) is 2.79. The largest absolute Gasteiger partial charge is 2.00 e. The Morgan fingerprint density at radius 2 is 0.862 bits per heavy atom. The van der Waals surface area contributed by atoms with Crippen molar-refractivity contribution in [3.63, 3.8) is 0 Å². The monoisotopic (exact) mass is 555 g/mol. The summed E-state index contributed by atoms with van der Waals surface area (Å²) < 4.78 is 0. The Bertz CT molecular complexity index is 1040. The summed E-state index contributed by atoms with van der Waals surface area (Å²) in [6.45, 7) is 0. The number of carbonyl (C=O) groups is 2. The van der Waals surface area contributed by atoms with E-state index in [1.165, 1.54) is 0 Å². The molecule has 0 aliphatic carbocycles. The fraction of sp³-hybridized carbons (Fsp3) is 0. The minimum Gasteiger partial charge on any atom is -0.335 e. The van der Waals surface area contributed by atoms with Crippen molar-refractivity contribution < 1.29 is 30.7 Å². The summed E-state index contributed by atoms with van der Waals surface area (Å²) in [5.41, 5.74) is 3.66. The molecule has 142 valence electrons. The van der Waals surface area contributed by atoms with Gasteiger partial charge in [-0.05, 0) is 11.1 Å². The zero-order chi connectivity index (χ0) is 19.3. The average molecular weight is 555 g/mol. The van der Waals surface area contributed by atoms with E-state index < -0.39 is 0 Å². The fourth-order valence-corrected chi connectivity index (χ4v) is 3.01. The van der Waals surface area contributed by atoms with Crippen LogP contribution < -0.4 is 0 Å². The second-order valence-electron chi connectivity index (χ2n) is 6.35. The Hall–Kier alpha value is -3.09. The standard InChI is InChI=1S/C26H16O2.Pt/c27-25(19-9-3-1-4-10-19)23-15-7-13-21(17-23)22-14-8-16-24(18-22)26(28)20-11-5-2-6-12-20;/h1-16H;/q-2;+2. The molecule has 0 saturated carbocycles. The summed E-state index contributed by atoms with van der Waals surface area (Å²) >= 11 is 0. The smallest absolute Gasteiger partial charge is 0.335 e. The number of hydrogen-bond donors (Lipinski definition) is 0. The van der Waals surface area contributed by atoms with Crippen LogP contribution in [-0.4, -0.2) is 11.6 Å². The summed E-state index contributed by atoms with van der Waals surface area (Å²) in [5.74, 6) is -0.169. The summed E-state index contributed by atoms with van der Waals surface area (Å²) in [6.07, 6.45) is 0. The van der Waals surface area contributed by atoms with Gasteiger partial charge in [-0.25, -0.2) is 0 Å². The predicted octanol–water partition coefficient (Wildman–Crippen LogP) is 5.41. The zero-order valence-electron chi connectivity index (χ0n) is 15.4. The molecule has 0 aromatic heterocycles. The molecular weight excluding hydrogens is 539 g/mol.